The molecule has 3 rings (SSSR count). The van der Waals surface area contributed by atoms with Crippen molar-refractivity contribution < 1.29 is 13.9 Å². The maximum Gasteiger partial charge on any atom is 0.253 e. The summed E-state index contributed by atoms with van der Waals surface area (Å²) in [7, 11) is 0. The summed E-state index contributed by atoms with van der Waals surface area (Å²) in [5.41, 5.74) is 5.89. The minimum absolute atomic E-state index is 0.0396. The highest BCUT2D eigenvalue weighted by molar-refractivity contribution is 9.10. The van der Waals surface area contributed by atoms with Gasteiger partial charge < -0.3 is 15.4 Å². The average molecular weight is 407 g/mol. The van der Waals surface area contributed by atoms with Crippen LogP contribution in [-0.2, 0) is 0 Å². The normalized spacial score (nSPS) is 15.2. The second kappa shape index (κ2) is 7.87. The van der Waals surface area contributed by atoms with Crippen molar-refractivity contribution in [3.05, 3.63) is 58.3 Å². The summed E-state index contributed by atoms with van der Waals surface area (Å²) in [6.45, 7) is 2.13. The zero-order chi connectivity index (χ0) is 17.8. The van der Waals surface area contributed by atoms with Crippen molar-refractivity contribution in [1.82, 2.24) is 0 Å². The van der Waals surface area contributed by atoms with Crippen molar-refractivity contribution in [2.24, 2.45) is 11.7 Å². The number of carbonyl (C=O) groups is 1. The molecule has 2 aromatic rings. The molecule has 0 aromatic heterocycles. The van der Waals surface area contributed by atoms with Gasteiger partial charge in [-0.05, 0) is 43.0 Å². The minimum Gasteiger partial charge on any atom is -0.493 e. The molecule has 0 unspecified atom stereocenters. The summed E-state index contributed by atoms with van der Waals surface area (Å²) < 4.78 is 20.5. The fraction of sp³-hybridized carbons (Fsp3) is 0.316. The van der Waals surface area contributed by atoms with Crippen LogP contribution in [0.25, 0.3) is 0 Å². The van der Waals surface area contributed by atoms with E-state index in [4.69, 9.17) is 10.5 Å². The molecular weight excluding hydrogens is 387 g/mol. The number of nitrogens with zero attached hydrogens (tertiary/aromatic N) is 1. The Morgan fingerprint density at radius 3 is 2.56 bits per heavy atom. The first-order valence-electron chi connectivity index (χ1n) is 8.26. The van der Waals surface area contributed by atoms with E-state index in [-0.39, 0.29) is 5.56 Å². The standard InChI is InChI=1S/C19H20BrFN2O2/c20-14-10-16(21)18(19(22)24)17(11-14)23-8-6-13(7-9-23)12-25-15-4-2-1-3-5-15/h1-5,10-11,13H,6-9,12H2,(H2,22,24). The van der Waals surface area contributed by atoms with Crippen LogP contribution in [0.3, 0.4) is 0 Å². The van der Waals surface area contributed by atoms with Gasteiger partial charge in [-0.1, -0.05) is 34.1 Å². The maximum absolute atomic E-state index is 14.1. The monoisotopic (exact) mass is 406 g/mol. The quantitative estimate of drug-likeness (QED) is 0.816. The van der Waals surface area contributed by atoms with Gasteiger partial charge >= 0.3 is 0 Å². The molecule has 4 nitrogen and oxygen atoms in total. The molecule has 6 heteroatoms. The Balaban J connectivity index is 1.64. The van der Waals surface area contributed by atoms with Crippen LogP contribution in [0.15, 0.2) is 46.9 Å². The molecule has 0 atom stereocenters. The Kier molecular flexibility index (Phi) is 5.58. The third-order valence-electron chi connectivity index (χ3n) is 4.46. The van der Waals surface area contributed by atoms with Gasteiger partial charge in [0, 0.05) is 17.6 Å². The molecule has 25 heavy (non-hydrogen) atoms. The smallest absolute Gasteiger partial charge is 0.253 e. The molecule has 0 saturated carbocycles. The lowest BCUT2D eigenvalue weighted by Gasteiger charge is -2.34. The summed E-state index contributed by atoms with van der Waals surface area (Å²) in [5, 5.41) is 0. The maximum atomic E-state index is 14.1. The molecule has 0 bridgehead atoms. The highest BCUT2D eigenvalue weighted by Gasteiger charge is 2.25. The number of carbonyl (C=O) groups excluding carboxylic acids is 1. The van der Waals surface area contributed by atoms with Crippen LogP contribution in [0.5, 0.6) is 5.75 Å². The lowest BCUT2D eigenvalue weighted by molar-refractivity contribution is 0.0996. The van der Waals surface area contributed by atoms with E-state index in [2.05, 4.69) is 15.9 Å². The van der Waals surface area contributed by atoms with Crippen LogP contribution in [0.4, 0.5) is 10.1 Å². The highest BCUT2D eigenvalue weighted by Crippen LogP contribution is 2.31. The van der Waals surface area contributed by atoms with E-state index in [1.807, 2.05) is 35.2 Å². The number of hydrogen-bond acceptors (Lipinski definition) is 3. The molecule has 0 radical (unpaired) electrons. The van der Waals surface area contributed by atoms with Gasteiger partial charge in [-0.2, -0.15) is 0 Å². The van der Waals surface area contributed by atoms with E-state index in [9.17, 15) is 9.18 Å². The molecule has 132 valence electrons. The molecule has 0 aliphatic carbocycles. The molecule has 1 aliphatic heterocycles. The second-order valence-electron chi connectivity index (χ2n) is 6.20. The van der Waals surface area contributed by atoms with Gasteiger partial charge in [0.15, 0.2) is 0 Å². The summed E-state index contributed by atoms with van der Waals surface area (Å²) in [5.74, 6) is -0.0265. The summed E-state index contributed by atoms with van der Waals surface area (Å²) >= 11 is 3.29. The van der Waals surface area contributed by atoms with Crippen molar-refractivity contribution in [2.75, 3.05) is 24.6 Å². The summed E-state index contributed by atoms with van der Waals surface area (Å²) in [6.07, 6.45) is 1.83. The molecular formula is C19H20BrFN2O2. The number of primary amides is 1. The number of ether oxygens (including phenoxy) is 1. The van der Waals surface area contributed by atoms with Crippen LogP contribution >= 0.6 is 15.9 Å². The van der Waals surface area contributed by atoms with E-state index in [0.717, 1.165) is 31.7 Å². The Morgan fingerprint density at radius 2 is 1.92 bits per heavy atom. The van der Waals surface area contributed by atoms with Gasteiger partial charge in [0.2, 0.25) is 0 Å². The first-order valence-corrected chi connectivity index (χ1v) is 9.05. The van der Waals surface area contributed by atoms with Crippen LogP contribution in [0.2, 0.25) is 0 Å². The van der Waals surface area contributed by atoms with Gasteiger partial charge in [-0.15, -0.1) is 0 Å². The minimum atomic E-state index is -0.741. The topological polar surface area (TPSA) is 55.6 Å². The van der Waals surface area contributed by atoms with Crippen LogP contribution in [-0.4, -0.2) is 25.6 Å². The van der Waals surface area contributed by atoms with Crippen LogP contribution in [0, 0.1) is 11.7 Å². The Bertz CT molecular complexity index is 747. The number of halogens is 2. The molecule has 0 spiro atoms. The SMILES string of the molecule is NC(=O)c1c(F)cc(Br)cc1N1CCC(COc2ccccc2)CC1. The van der Waals surface area contributed by atoms with Crippen molar-refractivity contribution in [2.45, 2.75) is 12.8 Å². The molecule has 1 fully saturated rings. The van der Waals surface area contributed by atoms with E-state index in [1.165, 1.54) is 6.07 Å². The summed E-state index contributed by atoms with van der Waals surface area (Å²) in [4.78, 5) is 13.7. The molecule has 1 aliphatic rings. The molecule has 1 amide bonds. The zero-order valence-electron chi connectivity index (χ0n) is 13.8. The number of nitrogens with two attached hydrogens (primary N) is 1. The number of piperidine rings is 1. The van der Waals surface area contributed by atoms with Gasteiger partial charge in [0.25, 0.3) is 5.91 Å². The van der Waals surface area contributed by atoms with Gasteiger partial charge in [0.1, 0.15) is 11.6 Å². The van der Waals surface area contributed by atoms with E-state index < -0.39 is 11.7 Å². The van der Waals surface area contributed by atoms with E-state index in [0.29, 0.717) is 22.7 Å². The molecule has 2 aromatic carbocycles. The first kappa shape index (κ1) is 17.7. The fourth-order valence-corrected chi connectivity index (χ4v) is 3.54. The highest BCUT2D eigenvalue weighted by atomic mass is 79.9. The van der Waals surface area contributed by atoms with Crippen molar-refractivity contribution in [3.63, 3.8) is 0 Å². The predicted octanol–water partition coefficient (Wildman–Crippen LogP) is 3.98. The van der Waals surface area contributed by atoms with Crippen molar-refractivity contribution in [3.8, 4) is 5.75 Å². The number of rotatable bonds is 5. The zero-order valence-corrected chi connectivity index (χ0v) is 15.3. The number of anilines is 1. The Morgan fingerprint density at radius 1 is 1.24 bits per heavy atom. The van der Waals surface area contributed by atoms with Gasteiger partial charge in [-0.3, -0.25) is 4.79 Å². The lowest BCUT2D eigenvalue weighted by Crippen LogP contribution is -2.37. The third kappa shape index (κ3) is 4.31. The Hall–Kier alpha value is -2.08. The average Bonchev–Trinajstić information content (AvgIpc) is 2.60. The lowest BCUT2D eigenvalue weighted by atomic mass is 9.96. The number of benzene rings is 2. The first-order chi connectivity index (χ1) is 12.0. The van der Waals surface area contributed by atoms with Crippen LogP contribution < -0.4 is 15.4 Å². The number of amides is 1. The Labute approximate surface area is 154 Å². The molecule has 2 N–H and O–H groups in total. The summed E-state index contributed by atoms with van der Waals surface area (Å²) in [6, 6.07) is 12.8. The van der Waals surface area contributed by atoms with E-state index in [1.54, 1.807) is 6.07 Å². The largest absolute Gasteiger partial charge is 0.493 e. The number of hydrogen-bond donors (Lipinski definition) is 1. The van der Waals surface area contributed by atoms with Crippen molar-refractivity contribution in [1.29, 1.82) is 0 Å². The van der Waals surface area contributed by atoms with Gasteiger partial charge in [0.05, 0.1) is 17.9 Å². The third-order valence-corrected chi connectivity index (χ3v) is 4.92. The van der Waals surface area contributed by atoms with Crippen LogP contribution in [0.1, 0.15) is 23.2 Å². The predicted molar refractivity (Wildman–Crippen MR) is 99.5 cm³/mol. The van der Waals surface area contributed by atoms with Crippen molar-refractivity contribution >= 4 is 27.5 Å². The second-order valence-corrected chi connectivity index (χ2v) is 7.12. The molecule has 1 saturated heterocycles. The molecule has 1 heterocycles. The number of para-hydroxylation sites is 1. The fourth-order valence-electron chi connectivity index (χ4n) is 3.12. The van der Waals surface area contributed by atoms with E-state index >= 15 is 0 Å². The van der Waals surface area contributed by atoms with Gasteiger partial charge in [-0.25, -0.2) is 4.39 Å².